The number of hydrogen-bond acceptors (Lipinski definition) is 3. The Labute approximate surface area is 129 Å². The van der Waals surface area contributed by atoms with Gasteiger partial charge >= 0.3 is 0 Å². The molecule has 0 amide bonds. The van der Waals surface area contributed by atoms with Gasteiger partial charge in [-0.15, -0.1) is 0 Å². The minimum absolute atomic E-state index is 0.342. The molecule has 1 saturated heterocycles. The monoisotopic (exact) mass is 298 g/mol. The molecule has 5 heteroatoms. The number of hydrogen-bond donors (Lipinski definition) is 4. The summed E-state index contributed by atoms with van der Waals surface area (Å²) in [5.74, 6) is 0. The smallest absolute Gasteiger partial charge is 0.195 e. The van der Waals surface area contributed by atoms with Crippen LogP contribution >= 0.6 is 12.2 Å². The van der Waals surface area contributed by atoms with Crippen molar-refractivity contribution in [3.8, 4) is 0 Å². The highest BCUT2D eigenvalue weighted by Crippen LogP contribution is 2.17. The highest BCUT2D eigenvalue weighted by molar-refractivity contribution is 7.80. The molecule has 4 nitrogen and oxygen atoms in total. The lowest BCUT2D eigenvalue weighted by molar-refractivity contribution is 0.199. The number of rotatable bonds is 4. The van der Waals surface area contributed by atoms with E-state index < -0.39 is 0 Å². The van der Waals surface area contributed by atoms with Crippen LogP contribution in [-0.2, 0) is 12.8 Å². The number of benzene rings is 2. The van der Waals surface area contributed by atoms with Gasteiger partial charge in [0.05, 0.1) is 0 Å². The highest BCUT2D eigenvalue weighted by Gasteiger charge is 2.33. The molecule has 21 heavy (non-hydrogen) atoms. The van der Waals surface area contributed by atoms with Gasteiger partial charge in [-0.3, -0.25) is 10.9 Å². The first-order valence-corrected chi connectivity index (χ1v) is 7.35. The van der Waals surface area contributed by atoms with Gasteiger partial charge in [-0.1, -0.05) is 60.7 Å². The van der Waals surface area contributed by atoms with E-state index in [1.807, 2.05) is 12.1 Å². The van der Waals surface area contributed by atoms with Gasteiger partial charge in [-0.25, -0.2) is 10.9 Å². The van der Waals surface area contributed by atoms with Crippen LogP contribution in [0.25, 0.3) is 0 Å². The maximum Gasteiger partial charge on any atom is 0.195 e. The van der Waals surface area contributed by atoms with Crippen molar-refractivity contribution in [1.29, 1.82) is 0 Å². The normalized spacial score (nSPS) is 16.9. The lowest BCUT2D eigenvalue weighted by atomic mass is 9.93. The Bertz CT molecular complexity index is 547. The average Bonchev–Trinajstić information content (AvgIpc) is 2.52. The third kappa shape index (κ3) is 3.58. The third-order valence-corrected chi connectivity index (χ3v) is 3.73. The molecule has 2 aromatic carbocycles. The van der Waals surface area contributed by atoms with Crippen LogP contribution in [0.3, 0.4) is 0 Å². The molecule has 0 saturated carbocycles. The van der Waals surface area contributed by atoms with E-state index in [2.05, 4.69) is 70.2 Å². The second kappa shape index (κ2) is 6.22. The van der Waals surface area contributed by atoms with Crippen molar-refractivity contribution in [2.45, 2.75) is 18.5 Å². The van der Waals surface area contributed by atoms with Gasteiger partial charge in [0.1, 0.15) is 5.66 Å². The van der Waals surface area contributed by atoms with E-state index in [1.54, 1.807) is 0 Å². The van der Waals surface area contributed by atoms with Crippen molar-refractivity contribution in [3.63, 3.8) is 0 Å². The predicted octanol–water partition coefficient (Wildman–Crippen LogP) is 1.65. The van der Waals surface area contributed by atoms with Gasteiger partial charge < -0.3 is 0 Å². The Morgan fingerprint density at radius 1 is 0.714 bits per heavy atom. The third-order valence-electron chi connectivity index (χ3n) is 3.53. The van der Waals surface area contributed by atoms with Crippen LogP contribution in [-0.4, -0.2) is 10.8 Å². The highest BCUT2D eigenvalue weighted by atomic mass is 32.1. The maximum absolute atomic E-state index is 5.09. The molecule has 0 aliphatic carbocycles. The first-order valence-electron chi connectivity index (χ1n) is 6.94. The average molecular weight is 298 g/mol. The summed E-state index contributed by atoms with van der Waals surface area (Å²) in [5.41, 5.74) is 14.8. The van der Waals surface area contributed by atoms with Crippen LogP contribution < -0.4 is 21.7 Å². The molecule has 0 aromatic heterocycles. The fourth-order valence-corrected chi connectivity index (χ4v) is 2.65. The first kappa shape index (κ1) is 14.0. The predicted molar refractivity (Wildman–Crippen MR) is 88.2 cm³/mol. The van der Waals surface area contributed by atoms with Crippen molar-refractivity contribution >= 4 is 17.3 Å². The molecule has 0 spiro atoms. The summed E-state index contributed by atoms with van der Waals surface area (Å²) in [5, 5.41) is 0.548. The molecule has 0 bridgehead atoms. The zero-order valence-electron chi connectivity index (χ0n) is 11.6. The Morgan fingerprint density at radius 3 is 1.57 bits per heavy atom. The number of hydrazine groups is 2. The van der Waals surface area contributed by atoms with Crippen LogP contribution in [0.5, 0.6) is 0 Å². The zero-order valence-corrected chi connectivity index (χ0v) is 12.4. The Hall–Kier alpha value is -1.95. The largest absolute Gasteiger partial charge is 0.295 e. The molecule has 1 fully saturated rings. The topological polar surface area (TPSA) is 48.1 Å². The van der Waals surface area contributed by atoms with E-state index in [4.69, 9.17) is 12.2 Å². The van der Waals surface area contributed by atoms with Crippen LogP contribution in [0.1, 0.15) is 11.1 Å². The lowest BCUT2D eigenvalue weighted by Crippen LogP contribution is -2.75. The summed E-state index contributed by atoms with van der Waals surface area (Å²) in [7, 11) is 0. The van der Waals surface area contributed by atoms with Gasteiger partial charge in [-0.05, 0) is 23.3 Å². The molecule has 0 atom stereocenters. The van der Waals surface area contributed by atoms with Crippen LogP contribution in [0.15, 0.2) is 60.7 Å². The second-order valence-electron chi connectivity index (χ2n) is 5.24. The van der Waals surface area contributed by atoms with Crippen molar-refractivity contribution in [2.75, 3.05) is 0 Å². The Balaban J connectivity index is 1.82. The van der Waals surface area contributed by atoms with Gasteiger partial charge in [0.25, 0.3) is 0 Å². The molecule has 0 unspecified atom stereocenters. The summed E-state index contributed by atoms with van der Waals surface area (Å²) < 4.78 is 0. The van der Waals surface area contributed by atoms with E-state index in [-0.39, 0.29) is 5.66 Å². The van der Waals surface area contributed by atoms with E-state index in [1.165, 1.54) is 11.1 Å². The first-order chi connectivity index (χ1) is 10.3. The van der Waals surface area contributed by atoms with Gasteiger partial charge in [-0.2, -0.15) is 0 Å². The second-order valence-corrected chi connectivity index (χ2v) is 5.64. The molecule has 1 aliphatic heterocycles. The Morgan fingerprint density at radius 2 is 1.14 bits per heavy atom. The summed E-state index contributed by atoms with van der Waals surface area (Å²) in [6.45, 7) is 0. The summed E-state index contributed by atoms with van der Waals surface area (Å²) in [6.07, 6.45) is 1.65. The quantitative estimate of drug-likeness (QED) is 0.647. The van der Waals surface area contributed by atoms with Crippen LogP contribution in [0, 0.1) is 0 Å². The van der Waals surface area contributed by atoms with E-state index in [0.29, 0.717) is 5.11 Å². The van der Waals surface area contributed by atoms with Gasteiger partial charge in [0.2, 0.25) is 0 Å². The fourth-order valence-electron chi connectivity index (χ4n) is 2.54. The summed E-state index contributed by atoms with van der Waals surface area (Å²) >= 11 is 5.09. The standard InChI is InChI=1S/C16H18N4S/c21-15-17-19-16(20-18-15,11-13-7-3-1-4-8-13)12-14-9-5-2-6-10-14/h1-10,19-20H,11-12H2,(H2,17,18,21). The van der Waals surface area contributed by atoms with Gasteiger partial charge in [0, 0.05) is 12.8 Å². The minimum Gasteiger partial charge on any atom is -0.295 e. The SMILES string of the molecule is S=C1NNC(Cc2ccccc2)(Cc2ccccc2)NN1. The van der Waals surface area contributed by atoms with Crippen LogP contribution in [0.4, 0.5) is 0 Å². The lowest BCUT2D eigenvalue weighted by Gasteiger charge is -2.41. The van der Waals surface area contributed by atoms with E-state index in [0.717, 1.165) is 12.8 Å². The molecule has 4 N–H and O–H groups in total. The van der Waals surface area contributed by atoms with Crippen molar-refractivity contribution in [2.24, 2.45) is 0 Å². The molecular formula is C16H18N4S. The Kier molecular flexibility index (Phi) is 4.15. The molecule has 3 rings (SSSR count). The number of thiocarbonyl (C=S) groups is 1. The molecular weight excluding hydrogens is 280 g/mol. The fraction of sp³-hybridized carbons (Fsp3) is 0.188. The summed E-state index contributed by atoms with van der Waals surface area (Å²) in [4.78, 5) is 0. The van der Waals surface area contributed by atoms with Crippen molar-refractivity contribution in [3.05, 3.63) is 71.8 Å². The van der Waals surface area contributed by atoms with Crippen LogP contribution in [0.2, 0.25) is 0 Å². The van der Waals surface area contributed by atoms with E-state index in [9.17, 15) is 0 Å². The molecule has 1 aliphatic rings. The number of nitrogens with one attached hydrogen (secondary N) is 4. The molecule has 2 aromatic rings. The molecule has 1 heterocycles. The zero-order chi connectivity index (χ0) is 14.5. The summed E-state index contributed by atoms with van der Waals surface area (Å²) in [6, 6.07) is 20.8. The minimum atomic E-state index is -0.342. The molecule has 0 radical (unpaired) electrons. The van der Waals surface area contributed by atoms with Crippen molar-refractivity contribution < 1.29 is 0 Å². The van der Waals surface area contributed by atoms with E-state index >= 15 is 0 Å². The van der Waals surface area contributed by atoms with Crippen molar-refractivity contribution in [1.82, 2.24) is 21.7 Å². The van der Waals surface area contributed by atoms with Gasteiger partial charge in [0.15, 0.2) is 5.11 Å². The molecule has 108 valence electrons. The maximum atomic E-state index is 5.09.